The SMILES string of the molecule is CCCCCCCCCCCC(CCCCCC)CCCCCCCC. The van der Waals surface area contributed by atoms with E-state index in [0.29, 0.717) is 0 Å². The summed E-state index contributed by atoms with van der Waals surface area (Å²) in [5.74, 6) is 1.04. The molecular weight excluding hydrogens is 312 g/mol. The quantitative estimate of drug-likeness (QED) is 0.167. The Balaban J connectivity index is 3.68. The van der Waals surface area contributed by atoms with Gasteiger partial charge in [0.2, 0.25) is 0 Å². The molecule has 26 heavy (non-hydrogen) atoms. The van der Waals surface area contributed by atoms with Crippen molar-refractivity contribution in [1.82, 2.24) is 0 Å². The molecule has 0 aromatic heterocycles. The van der Waals surface area contributed by atoms with Crippen LogP contribution in [0.15, 0.2) is 0 Å². The summed E-state index contributed by atoms with van der Waals surface area (Å²) in [7, 11) is 0. The molecule has 0 nitrogen and oxygen atoms in total. The average Bonchev–Trinajstić information content (AvgIpc) is 2.65. The number of hydrogen-bond acceptors (Lipinski definition) is 0. The Bertz CT molecular complexity index is 232. The van der Waals surface area contributed by atoms with Gasteiger partial charge in [0.25, 0.3) is 0 Å². The van der Waals surface area contributed by atoms with Crippen molar-refractivity contribution in [2.45, 2.75) is 162 Å². The van der Waals surface area contributed by atoms with Gasteiger partial charge < -0.3 is 0 Å². The summed E-state index contributed by atoms with van der Waals surface area (Å²) in [6, 6.07) is 0. The van der Waals surface area contributed by atoms with E-state index in [1.165, 1.54) is 141 Å². The molecule has 0 aliphatic rings. The molecule has 0 aliphatic carbocycles. The zero-order valence-electron chi connectivity index (χ0n) is 19.1. The largest absolute Gasteiger partial charge is 0.0654 e. The maximum absolute atomic E-state index is 2.33. The topological polar surface area (TPSA) is 0 Å². The lowest BCUT2D eigenvalue weighted by molar-refractivity contribution is 0.366. The lowest BCUT2D eigenvalue weighted by atomic mass is 9.89. The Morgan fingerprint density at radius 1 is 0.308 bits per heavy atom. The van der Waals surface area contributed by atoms with E-state index in [0.717, 1.165) is 5.92 Å². The van der Waals surface area contributed by atoms with Gasteiger partial charge in [-0.1, -0.05) is 162 Å². The minimum absolute atomic E-state index is 1.04. The molecule has 1 unspecified atom stereocenters. The van der Waals surface area contributed by atoms with Crippen LogP contribution < -0.4 is 0 Å². The summed E-state index contributed by atoms with van der Waals surface area (Å²) in [6.45, 7) is 6.96. The molecule has 0 rings (SSSR count). The smallest absolute Gasteiger partial charge is 0.0414 e. The zero-order valence-corrected chi connectivity index (χ0v) is 19.1. The van der Waals surface area contributed by atoms with Crippen molar-refractivity contribution >= 4 is 0 Å². The van der Waals surface area contributed by atoms with Crippen molar-refractivity contribution in [2.75, 3.05) is 0 Å². The third kappa shape index (κ3) is 20.3. The van der Waals surface area contributed by atoms with Crippen molar-refractivity contribution in [3.8, 4) is 0 Å². The Kier molecular flexibility index (Phi) is 23.0. The molecule has 0 fully saturated rings. The van der Waals surface area contributed by atoms with Gasteiger partial charge in [-0.15, -0.1) is 0 Å². The van der Waals surface area contributed by atoms with E-state index in [1.54, 1.807) is 0 Å². The van der Waals surface area contributed by atoms with E-state index < -0.39 is 0 Å². The van der Waals surface area contributed by atoms with Crippen LogP contribution in [-0.4, -0.2) is 0 Å². The monoisotopic (exact) mass is 366 g/mol. The third-order valence-corrected chi connectivity index (χ3v) is 6.15. The number of unbranched alkanes of at least 4 members (excludes halogenated alkanes) is 16. The molecule has 0 aliphatic heterocycles. The van der Waals surface area contributed by atoms with E-state index in [4.69, 9.17) is 0 Å². The van der Waals surface area contributed by atoms with E-state index in [-0.39, 0.29) is 0 Å². The number of rotatable bonds is 22. The van der Waals surface area contributed by atoms with Crippen LogP contribution in [0.4, 0.5) is 0 Å². The molecule has 0 radical (unpaired) electrons. The lowest BCUT2D eigenvalue weighted by Gasteiger charge is -2.17. The van der Waals surface area contributed by atoms with Crippen molar-refractivity contribution in [2.24, 2.45) is 5.92 Å². The maximum Gasteiger partial charge on any atom is -0.0414 e. The van der Waals surface area contributed by atoms with Gasteiger partial charge in [0.1, 0.15) is 0 Å². The molecule has 0 bridgehead atoms. The first-order chi connectivity index (χ1) is 12.8. The Morgan fingerprint density at radius 3 is 0.846 bits per heavy atom. The summed E-state index contributed by atoms with van der Waals surface area (Å²) in [5.41, 5.74) is 0. The van der Waals surface area contributed by atoms with Crippen LogP contribution in [0.1, 0.15) is 162 Å². The highest BCUT2D eigenvalue weighted by Crippen LogP contribution is 2.24. The Labute approximate surface area is 168 Å². The lowest BCUT2D eigenvalue weighted by Crippen LogP contribution is -2.01. The molecule has 0 saturated heterocycles. The highest BCUT2D eigenvalue weighted by Gasteiger charge is 2.08. The van der Waals surface area contributed by atoms with Gasteiger partial charge >= 0.3 is 0 Å². The van der Waals surface area contributed by atoms with Crippen LogP contribution in [-0.2, 0) is 0 Å². The Hall–Kier alpha value is 0. The fourth-order valence-corrected chi connectivity index (χ4v) is 4.25. The second-order valence-electron chi connectivity index (χ2n) is 8.89. The molecule has 0 spiro atoms. The van der Waals surface area contributed by atoms with Crippen molar-refractivity contribution in [1.29, 1.82) is 0 Å². The van der Waals surface area contributed by atoms with Crippen molar-refractivity contribution < 1.29 is 0 Å². The standard InChI is InChI=1S/C26H54/c1-4-7-10-13-15-16-17-19-22-25-26(23-20-12-9-6-3)24-21-18-14-11-8-5-2/h26H,4-25H2,1-3H3. The minimum Gasteiger partial charge on any atom is -0.0654 e. The second-order valence-corrected chi connectivity index (χ2v) is 8.89. The fourth-order valence-electron chi connectivity index (χ4n) is 4.25. The van der Waals surface area contributed by atoms with E-state index in [9.17, 15) is 0 Å². The van der Waals surface area contributed by atoms with Crippen LogP contribution in [0.25, 0.3) is 0 Å². The Morgan fingerprint density at radius 2 is 0.538 bits per heavy atom. The minimum atomic E-state index is 1.04. The van der Waals surface area contributed by atoms with Gasteiger partial charge in [0.05, 0.1) is 0 Å². The fraction of sp³-hybridized carbons (Fsp3) is 1.00. The summed E-state index contributed by atoms with van der Waals surface area (Å²) < 4.78 is 0. The molecule has 0 saturated carbocycles. The van der Waals surface area contributed by atoms with Gasteiger partial charge in [-0.25, -0.2) is 0 Å². The zero-order chi connectivity index (χ0) is 19.1. The van der Waals surface area contributed by atoms with E-state index >= 15 is 0 Å². The van der Waals surface area contributed by atoms with Gasteiger partial charge in [0, 0.05) is 0 Å². The van der Waals surface area contributed by atoms with Crippen molar-refractivity contribution in [3.63, 3.8) is 0 Å². The molecule has 158 valence electrons. The molecule has 0 heterocycles. The highest BCUT2D eigenvalue weighted by molar-refractivity contribution is 4.62. The van der Waals surface area contributed by atoms with Crippen LogP contribution >= 0.6 is 0 Å². The predicted molar refractivity (Wildman–Crippen MR) is 122 cm³/mol. The van der Waals surface area contributed by atoms with E-state index in [2.05, 4.69) is 20.8 Å². The molecular formula is C26H54. The van der Waals surface area contributed by atoms with Gasteiger partial charge in [-0.2, -0.15) is 0 Å². The van der Waals surface area contributed by atoms with E-state index in [1.807, 2.05) is 0 Å². The van der Waals surface area contributed by atoms with Crippen molar-refractivity contribution in [3.05, 3.63) is 0 Å². The molecule has 1 atom stereocenters. The second kappa shape index (κ2) is 23.0. The van der Waals surface area contributed by atoms with Gasteiger partial charge in [0.15, 0.2) is 0 Å². The first kappa shape index (κ1) is 26.0. The predicted octanol–water partition coefficient (Wildman–Crippen LogP) is 10.2. The summed E-state index contributed by atoms with van der Waals surface area (Å²) in [5, 5.41) is 0. The first-order valence-corrected chi connectivity index (χ1v) is 12.8. The van der Waals surface area contributed by atoms with Crippen LogP contribution in [0.5, 0.6) is 0 Å². The van der Waals surface area contributed by atoms with Gasteiger partial charge in [-0.05, 0) is 5.92 Å². The summed E-state index contributed by atoms with van der Waals surface area (Å²) in [6.07, 6.45) is 32.3. The summed E-state index contributed by atoms with van der Waals surface area (Å²) in [4.78, 5) is 0. The molecule has 0 aromatic carbocycles. The van der Waals surface area contributed by atoms with Crippen LogP contribution in [0.2, 0.25) is 0 Å². The average molecular weight is 367 g/mol. The molecule has 0 aromatic rings. The number of hydrogen-bond donors (Lipinski definition) is 0. The maximum atomic E-state index is 2.33. The molecule has 0 heteroatoms. The molecule has 0 N–H and O–H groups in total. The normalized spacial score (nSPS) is 12.6. The third-order valence-electron chi connectivity index (χ3n) is 6.15. The highest BCUT2D eigenvalue weighted by atomic mass is 14.1. The van der Waals surface area contributed by atoms with Crippen LogP contribution in [0, 0.1) is 5.92 Å². The van der Waals surface area contributed by atoms with Gasteiger partial charge in [-0.3, -0.25) is 0 Å². The summed E-state index contributed by atoms with van der Waals surface area (Å²) >= 11 is 0. The molecule has 0 amide bonds. The van der Waals surface area contributed by atoms with Crippen LogP contribution in [0.3, 0.4) is 0 Å². The first-order valence-electron chi connectivity index (χ1n) is 12.8.